The SMILES string of the molecule is C[C@H](CN)NS(=O)(=O)c1ccc(C(C)(C)C)cc1.Cl. The molecule has 3 N–H and O–H groups in total. The van der Waals surface area contributed by atoms with Crippen molar-refractivity contribution in [1.29, 1.82) is 0 Å². The highest BCUT2D eigenvalue weighted by Gasteiger charge is 2.18. The van der Waals surface area contributed by atoms with Crippen LogP contribution in [0.2, 0.25) is 0 Å². The van der Waals surface area contributed by atoms with Crippen molar-refractivity contribution in [1.82, 2.24) is 4.72 Å². The summed E-state index contributed by atoms with van der Waals surface area (Å²) in [5.74, 6) is 0. The molecule has 0 bridgehead atoms. The monoisotopic (exact) mass is 306 g/mol. The highest BCUT2D eigenvalue weighted by Crippen LogP contribution is 2.23. The molecule has 19 heavy (non-hydrogen) atoms. The number of benzene rings is 1. The third kappa shape index (κ3) is 5.10. The minimum absolute atomic E-state index is 0. The van der Waals surface area contributed by atoms with Crippen LogP contribution in [0.4, 0.5) is 0 Å². The van der Waals surface area contributed by atoms with E-state index < -0.39 is 10.0 Å². The molecule has 0 fully saturated rings. The minimum Gasteiger partial charge on any atom is -0.329 e. The number of halogens is 1. The van der Waals surface area contributed by atoms with E-state index in [0.717, 1.165) is 5.56 Å². The van der Waals surface area contributed by atoms with E-state index in [0.29, 0.717) is 0 Å². The third-order valence-corrected chi connectivity index (χ3v) is 4.35. The van der Waals surface area contributed by atoms with Crippen LogP contribution in [0.15, 0.2) is 29.2 Å². The van der Waals surface area contributed by atoms with Crippen LogP contribution < -0.4 is 10.5 Å². The first-order chi connectivity index (χ1) is 8.16. The number of nitrogens with one attached hydrogen (secondary N) is 1. The van der Waals surface area contributed by atoms with Gasteiger partial charge in [0.05, 0.1) is 4.90 Å². The van der Waals surface area contributed by atoms with Gasteiger partial charge < -0.3 is 5.73 Å². The Morgan fingerprint density at radius 1 is 1.21 bits per heavy atom. The summed E-state index contributed by atoms with van der Waals surface area (Å²) in [6, 6.07) is 6.69. The van der Waals surface area contributed by atoms with E-state index >= 15 is 0 Å². The van der Waals surface area contributed by atoms with Gasteiger partial charge in [-0.3, -0.25) is 0 Å². The molecule has 0 spiro atoms. The van der Waals surface area contributed by atoms with Gasteiger partial charge in [0.2, 0.25) is 10.0 Å². The molecule has 0 amide bonds. The van der Waals surface area contributed by atoms with Crippen molar-refractivity contribution in [2.45, 2.75) is 44.0 Å². The molecule has 110 valence electrons. The Hall–Kier alpha value is -0.620. The lowest BCUT2D eigenvalue weighted by Gasteiger charge is -2.19. The second kappa shape index (κ2) is 6.70. The normalized spacial score (nSPS) is 13.7. The lowest BCUT2D eigenvalue weighted by molar-refractivity contribution is 0.561. The summed E-state index contributed by atoms with van der Waals surface area (Å²) in [6.07, 6.45) is 0. The fraction of sp³-hybridized carbons (Fsp3) is 0.538. The smallest absolute Gasteiger partial charge is 0.240 e. The van der Waals surface area contributed by atoms with Gasteiger partial charge in [-0.05, 0) is 30.0 Å². The predicted molar refractivity (Wildman–Crippen MR) is 81.2 cm³/mol. The van der Waals surface area contributed by atoms with Crippen molar-refractivity contribution < 1.29 is 8.42 Å². The molecule has 0 saturated heterocycles. The van der Waals surface area contributed by atoms with Gasteiger partial charge in [0.25, 0.3) is 0 Å². The molecule has 0 radical (unpaired) electrons. The molecule has 1 aromatic rings. The molecule has 0 aliphatic rings. The molecule has 0 aromatic heterocycles. The number of rotatable bonds is 4. The Kier molecular flexibility index (Phi) is 6.48. The molecule has 0 heterocycles. The second-order valence-electron chi connectivity index (χ2n) is 5.53. The van der Waals surface area contributed by atoms with Gasteiger partial charge in [-0.1, -0.05) is 32.9 Å². The van der Waals surface area contributed by atoms with Crippen LogP contribution in [0.5, 0.6) is 0 Å². The molecule has 1 aromatic carbocycles. The second-order valence-corrected chi connectivity index (χ2v) is 7.25. The van der Waals surface area contributed by atoms with Gasteiger partial charge in [0, 0.05) is 12.6 Å². The van der Waals surface area contributed by atoms with Gasteiger partial charge in [-0.15, -0.1) is 12.4 Å². The number of hydrogen-bond donors (Lipinski definition) is 2. The van der Waals surface area contributed by atoms with E-state index in [1.54, 1.807) is 19.1 Å². The van der Waals surface area contributed by atoms with Crippen LogP contribution in [0.25, 0.3) is 0 Å². The van der Waals surface area contributed by atoms with Crippen LogP contribution in [0.1, 0.15) is 33.3 Å². The van der Waals surface area contributed by atoms with Crippen LogP contribution in [-0.4, -0.2) is 21.0 Å². The standard InChI is InChI=1S/C13H22N2O2S.ClH/c1-10(9-14)15-18(16,17)12-7-5-11(6-8-12)13(2,3)4;/h5-8,10,15H,9,14H2,1-4H3;1H/t10-;/m1./s1. The van der Waals surface area contributed by atoms with Crippen LogP contribution in [0, 0.1) is 0 Å². The van der Waals surface area contributed by atoms with Gasteiger partial charge in [-0.25, -0.2) is 13.1 Å². The van der Waals surface area contributed by atoms with E-state index in [1.807, 2.05) is 12.1 Å². The van der Waals surface area contributed by atoms with Crippen molar-refractivity contribution in [2.75, 3.05) is 6.54 Å². The van der Waals surface area contributed by atoms with Crippen molar-refractivity contribution in [3.05, 3.63) is 29.8 Å². The van der Waals surface area contributed by atoms with E-state index in [9.17, 15) is 8.42 Å². The Labute approximate surface area is 122 Å². The average molecular weight is 307 g/mol. The molecule has 0 aliphatic heterocycles. The van der Waals surface area contributed by atoms with Crippen molar-refractivity contribution >= 4 is 22.4 Å². The third-order valence-electron chi connectivity index (χ3n) is 2.74. The zero-order valence-corrected chi connectivity index (χ0v) is 13.4. The minimum atomic E-state index is -3.46. The van der Waals surface area contributed by atoms with E-state index in [-0.39, 0.29) is 35.3 Å². The first-order valence-electron chi connectivity index (χ1n) is 6.00. The fourth-order valence-corrected chi connectivity index (χ4v) is 2.77. The molecular formula is C13H23ClN2O2S. The number of nitrogens with two attached hydrogens (primary N) is 1. The fourth-order valence-electron chi connectivity index (χ4n) is 1.52. The summed E-state index contributed by atoms with van der Waals surface area (Å²) in [4.78, 5) is 0.274. The summed E-state index contributed by atoms with van der Waals surface area (Å²) in [5, 5.41) is 0. The number of hydrogen-bond acceptors (Lipinski definition) is 3. The Balaban J connectivity index is 0.00000324. The van der Waals surface area contributed by atoms with E-state index in [1.165, 1.54) is 0 Å². The van der Waals surface area contributed by atoms with E-state index in [4.69, 9.17) is 5.73 Å². The molecular weight excluding hydrogens is 284 g/mol. The zero-order valence-electron chi connectivity index (χ0n) is 11.8. The maximum Gasteiger partial charge on any atom is 0.240 e. The van der Waals surface area contributed by atoms with Gasteiger partial charge in [0.1, 0.15) is 0 Å². The van der Waals surface area contributed by atoms with Gasteiger partial charge in [0.15, 0.2) is 0 Å². The first-order valence-corrected chi connectivity index (χ1v) is 7.48. The molecule has 0 saturated carbocycles. The highest BCUT2D eigenvalue weighted by molar-refractivity contribution is 7.89. The van der Waals surface area contributed by atoms with Crippen molar-refractivity contribution in [3.8, 4) is 0 Å². The summed E-state index contributed by atoms with van der Waals surface area (Å²) in [6.45, 7) is 8.28. The van der Waals surface area contributed by atoms with Crippen LogP contribution in [0.3, 0.4) is 0 Å². The topological polar surface area (TPSA) is 72.2 Å². The lowest BCUT2D eigenvalue weighted by atomic mass is 9.87. The summed E-state index contributed by atoms with van der Waals surface area (Å²) in [5.41, 5.74) is 6.53. The first kappa shape index (κ1) is 18.4. The Bertz CT molecular complexity index is 492. The van der Waals surface area contributed by atoms with E-state index in [2.05, 4.69) is 25.5 Å². The van der Waals surface area contributed by atoms with Crippen LogP contribution >= 0.6 is 12.4 Å². The zero-order chi connectivity index (χ0) is 14.0. The molecule has 1 atom stereocenters. The highest BCUT2D eigenvalue weighted by atomic mass is 35.5. The van der Waals surface area contributed by atoms with Gasteiger partial charge in [-0.2, -0.15) is 0 Å². The largest absolute Gasteiger partial charge is 0.329 e. The Morgan fingerprint density at radius 3 is 2.05 bits per heavy atom. The maximum absolute atomic E-state index is 12.0. The average Bonchev–Trinajstić information content (AvgIpc) is 2.27. The predicted octanol–water partition coefficient (Wildman–Crippen LogP) is 2.03. The quantitative estimate of drug-likeness (QED) is 0.894. The van der Waals surface area contributed by atoms with Crippen molar-refractivity contribution in [2.24, 2.45) is 5.73 Å². The molecule has 6 heteroatoms. The summed E-state index contributed by atoms with van der Waals surface area (Å²) >= 11 is 0. The van der Waals surface area contributed by atoms with Crippen molar-refractivity contribution in [3.63, 3.8) is 0 Å². The molecule has 4 nitrogen and oxygen atoms in total. The molecule has 0 unspecified atom stereocenters. The maximum atomic E-state index is 12.0. The summed E-state index contributed by atoms with van der Waals surface area (Å²) < 4.78 is 26.5. The summed E-state index contributed by atoms with van der Waals surface area (Å²) in [7, 11) is -3.46. The molecule has 0 aliphatic carbocycles. The Morgan fingerprint density at radius 2 is 1.68 bits per heavy atom. The van der Waals surface area contributed by atoms with Gasteiger partial charge >= 0.3 is 0 Å². The lowest BCUT2D eigenvalue weighted by Crippen LogP contribution is -2.37. The number of sulfonamides is 1. The van der Waals surface area contributed by atoms with Crippen LogP contribution in [-0.2, 0) is 15.4 Å². The molecule has 1 rings (SSSR count).